The van der Waals surface area contributed by atoms with E-state index in [0.717, 1.165) is 17.0 Å². The van der Waals surface area contributed by atoms with E-state index in [-0.39, 0.29) is 18.7 Å². The van der Waals surface area contributed by atoms with Gasteiger partial charge >= 0.3 is 6.03 Å². The van der Waals surface area contributed by atoms with Crippen LogP contribution < -0.4 is 10.1 Å². The predicted octanol–water partition coefficient (Wildman–Crippen LogP) is 3.46. The first kappa shape index (κ1) is 18.1. The van der Waals surface area contributed by atoms with Crippen molar-refractivity contribution in [3.05, 3.63) is 64.7 Å². The topological polar surface area (TPSA) is 58.6 Å². The number of amides is 3. The fraction of sp³-hybridized carbons (Fsp3) is 0.222. The van der Waals surface area contributed by atoms with Crippen molar-refractivity contribution in [3.63, 3.8) is 0 Å². The highest BCUT2D eigenvalue weighted by Gasteiger charge is 2.49. The summed E-state index contributed by atoms with van der Waals surface area (Å²) in [6.07, 6.45) is 0. The second-order valence-corrected chi connectivity index (χ2v) is 6.38. The highest BCUT2D eigenvalue weighted by molar-refractivity contribution is 6.30. The zero-order valence-corrected chi connectivity index (χ0v) is 14.5. The maximum Gasteiger partial charge on any atom is 0.325 e. The molecule has 2 aromatic carbocycles. The second kappa shape index (κ2) is 6.92. The van der Waals surface area contributed by atoms with Crippen molar-refractivity contribution >= 4 is 23.5 Å². The summed E-state index contributed by atoms with van der Waals surface area (Å²) in [5, 5.41) is 3.03. The van der Waals surface area contributed by atoms with E-state index >= 15 is 0 Å². The van der Waals surface area contributed by atoms with E-state index in [1.165, 1.54) is 13.0 Å². The van der Waals surface area contributed by atoms with Gasteiger partial charge in [0, 0.05) is 5.02 Å². The number of rotatable bonds is 5. The quantitative estimate of drug-likeness (QED) is 0.808. The molecule has 0 aliphatic carbocycles. The molecule has 1 aliphatic heterocycles. The van der Waals surface area contributed by atoms with Gasteiger partial charge in [0.05, 0.1) is 6.54 Å². The SMILES string of the molecule is CC1(c2ccc(F)c(F)c2)NC(=O)N(CCOc2cccc(Cl)c2)C1=O. The number of hydrogen-bond donors (Lipinski definition) is 1. The number of carbonyl (C=O) groups excluding carboxylic acids is 2. The third-order valence-electron chi connectivity index (χ3n) is 4.15. The molecule has 0 aromatic heterocycles. The van der Waals surface area contributed by atoms with Crippen molar-refractivity contribution in [1.29, 1.82) is 0 Å². The Morgan fingerprint density at radius 3 is 2.62 bits per heavy atom. The highest BCUT2D eigenvalue weighted by atomic mass is 35.5. The minimum atomic E-state index is -1.47. The first-order valence-corrected chi connectivity index (χ1v) is 8.17. The highest BCUT2D eigenvalue weighted by Crippen LogP contribution is 2.29. The van der Waals surface area contributed by atoms with Crippen molar-refractivity contribution in [1.82, 2.24) is 10.2 Å². The van der Waals surface area contributed by atoms with Gasteiger partial charge in [-0.3, -0.25) is 9.69 Å². The van der Waals surface area contributed by atoms with Crippen LogP contribution in [0.4, 0.5) is 13.6 Å². The summed E-state index contributed by atoms with van der Waals surface area (Å²) in [5.41, 5.74) is -1.31. The monoisotopic (exact) mass is 380 g/mol. The van der Waals surface area contributed by atoms with Gasteiger partial charge in [-0.1, -0.05) is 23.7 Å². The molecule has 1 saturated heterocycles. The van der Waals surface area contributed by atoms with Crippen LogP contribution in [0.2, 0.25) is 5.02 Å². The number of nitrogens with one attached hydrogen (secondary N) is 1. The fourth-order valence-corrected chi connectivity index (χ4v) is 2.89. The zero-order valence-electron chi connectivity index (χ0n) is 13.8. The number of carbonyl (C=O) groups is 2. The average molecular weight is 381 g/mol. The first-order chi connectivity index (χ1) is 12.3. The Hall–Kier alpha value is -2.67. The van der Waals surface area contributed by atoms with E-state index in [1.807, 2.05) is 0 Å². The van der Waals surface area contributed by atoms with Crippen LogP contribution in [0, 0.1) is 11.6 Å². The van der Waals surface area contributed by atoms with E-state index in [2.05, 4.69) is 5.32 Å². The van der Waals surface area contributed by atoms with Gasteiger partial charge in [-0.25, -0.2) is 13.6 Å². The molecule has 1 fully saturated rings. The van der Waals surface area contributed by atoms with Crippen molar-refractivity contribution in [2.24, 2.45) is 0 Å². The number of urea groups is 1. The molecule has 5 nitrogen and oxygen atoms in total. The fourth-order valence-electron chi connectivity index (χ4n) is 2.71. The molecule has 0 spiro atoms. The van der Waals surface area contributed by atoms with E-state index in [4.69, 9.17) is 16.3 Å². The summed E-state index contributed by atoms with van der Waals surface area (Å²) >= 11 is 5.86. The molecule has 1 aliphatic rings. The Kier molecular flexibility index (Phi) is 4.82. The number of nitrogens with zero attached hydrogens (tertiary/aromatic N) is 1. The summed E-state index contributed by atoms with van der Waals surface area (Å²) in [7, 11) is 0. The van der Waals surface area contributed by atoms with Crippen molar-refractivity contribution in [3.8, 4) is 5.75 Å². The van der Waals surface area contributed by atoms with E-state index in [9.17, 15) is 18.4 Å². The predicted molar refractivity (Wildman–Crippen MR) is 90.9 cm³/mol. The van der Waals surface area contributed by atoms with Crippen molar-refractivity contribution in [2.45, 2.75) is 12.5 Å². The number of benzene rings is 2. The molecule has 2 aromatic rings. The summed E-state index contributed by atoms with van der Waals surface area (Å²) in [6, 6.07) is 9.17. The molecule has 0 bridgehead atoms. The van der Waals surface area contributed by atoms with Gasteiger partial charge in [0.1, 0.15) is 17.9 Å². The molecule has 1 unspecified atom stereocenters. The van der Waals surface area contributed by atoms with Crippen LogP contribution in [0.5, 0.6) is 5.75 Å². The summed E-state index contributed by atoms with van der Waals surface area (Å²) in [5.74, 6) is -2.18. The Morgan fingerprint density at radius 2 is 1.92 bits per heavy atom. The largest absolute Gasteiger partial charge is 0.492 e. The maximum atomic E-state index is 13.5. The number of halogens is 3. The van der Waals surface area contributed by atoms with Gasteiger partial charge < -0.3 is 10.1 Å². The molecule has 1 heterocycles. The van der Waals surface area contributed by atoms with Crippen molar-refractivity contribution < 1.29 is 23.1 Å². The van der Waals surface area contributed by atoms with Gasteiger partial charge in [-0.05, 0) is 42.8 Å². The number of imide groups is 1. The number of ether oxygens (including phenoxy) is 1. The molecule has 0 radical (unpaired) electrons. The average Bonchev–Trinajstić information content (AvgIpc) is 2.81. The smallest absolute Gasteiger partial charge is 0.325 e. The van der Waals surface area contributed by atoms with Gasteiger partial charge in [-0.2, -0.15) is 0 Å². The lowest BCUT2D eigenvalue weighted by Gasteiger charge is -2.22. The molecule has 26 heavy (non-hydrogen) atoms. The van der Waals surface area contributed by atoms with Crippen molar-refractivity contribution in [2.75, 3.05) is 13.2 Å². The van der Waals surface area contributed by atoms with Gasteiger partial charge in [-0.15, -0.1) is 0 Å². The minimum absolute atomic E-state index is 0.00352. The van der Waals surface area contributed by atoms with E-state index in [1.54, 1.807) is 24.3 Å². The Morgan fingerprint density at radius 1 is 1.15 bits per heavy atom. The van der Waals surface area contributed by atoms with Crippen LogP contribution in [0.25, 0.3) is 0 Å². The normalized spacial score (nSPS) is 19.6. The molecule has 3 rings (SSSR count). The standard InChI is InChI=1S/C18H15ClF2N2O3/c1-18(11-5-6-14(20)15(21)9-11)16(24)23(17(25)22-18)7-8-26-13-4-2-3-12(19)10-13/h2-6,9-10H,7-8H2,1H3,(H,22,25). The van der Waals surface area contributed by atoms with Crippen LogP contribution in [0.1, 0.15) is 12.5 Å². The van der Waals surface area contributed by atoms with Gasteiger partial charge in [0.25, 0.3) is 5.91 Å². The molecule has 136 valence electrons. The van der Waals surface area contributed by atoms with Crippen LogP contribution in [-0.4, -0.2) is 30.0 Å². The van der Waals surface area contributed by atoms with Gasteiger partial charge in [0.2, 0.25) is 0 Å². The Balaban J connectivity index is 1.71. The number of hydrogen-bond acceptors (Lipinski definition) is 3. The lowest BCUT2D eigenvalue weighted by molar-refractivity contribution is -0.131. The summed E-state index contributed by atoms with van der Waals surface area (Å²) < 4.78 is 32.1. The zero-order chi connectivity index (χ0) is 18.9. The van der Waals surface area contributed by atoms with Crippen LogP contribution >= 0.6 is 11.6 Å². The molecular weight excluding hydrogens is 366 g/mol. The third-order valence-corrected chi connectivity index (χ3v) is 4.39. The van der Waals surface area contributed by atoms with E-state index in [0.29, 0.717) is 10.8 Å². The van der Waals surface area contributed by atoms with Crippen LogP contribution in [-0.2, 0) is 10.3 Å². The van der Waals surface area contributed by atoms with Gasteiger partial charge in [0.15, 0.2) is 11.6 Å². The molecule has 3 amide bonds. The summed E-state index contributed by atoms with van der Waals surface area (Å²) in [6.45, 7) is 1.50. The molecule has 1 atom stereocenters. The second-order valence-electron chi connectivity index (χ2n) is 5.95. The minimum Gasteiger partial charge on any atom is -0.492 e. The van der Waals surface area contributed by atoms with Crippen LogP contribution in [0.3, 0.4) is 0 Å². The third kappa shape index (κ3) is 3.35. The Labute approximate surface area is 153 Å². The van der Waals surface area contributed by atoms with E-state index < -0.39 is 29.1 Å². The molecule has 1 N–H and O–H groups in total. The van der Waals surface area contributed by atoms with Crippen LogP contribution in [0.15, 0.2) is 42.5 Å². The lowest BCUT2D eigenvalue weighted by Crippen LogP contribution is -2.41. The summed E-state index contributed by atoms with van der Waals surface area (Å²) in [4.78, 5) is 25.8. The molecule has 8 heteroatoms. The first-order valence-electron chi connectivity index (χ1n) is 7.79. The Bertz CT molecular complexity index is 877. The molecule has 0 saturated carbocycles. The molecular formula is C18H15ClF2N2O3. The lowest BCUT2D eigenvalue weighted by atomic mass is 9.92. The maximum absolute atomic E-state index is 13.5.